The van der Waals surface area contributed by atoms with Crippen LogP contribution >= 0.6 is 27.5 Å². The minimum atomic E-state index is -4.10. The molecule has 1 aromatic rings. The molecule has 1 N–H and O–H groups in total. The van der Waals surface area contributed by atoms with Crippen molar-refractivity contribution in [3.63, 3.8) is 0 Å². The molecule has 3 unspecified atom stereocenters. The minimum absolute atomic E-state index is 0.0179. The Labute approximate surface area is 181 Å². The van der Waals surface area contributed by atoms with Gasteiger partial charge in [0.1, 0.15) is 11.1 Å². The van der Waals surface area contributed by atoms with E-state index in [0.717, 1.165) is 12.1 Å². The Balaban J connectivity index is 1.93. The third kappa shape index (κ3) is 4.93. The topological polar surface area (TPSA) is 90.9 Å². The van der Waals surface area contributed by atoms with E-state index in [2.05, 4.69) is 20.7 Å². The first-order valence-corrected chi connectivity index (χ1v) is 12.0. The minimum Gasteiger partial charge on any atom is -0.463 e. The molecule has 11 heteroatoms. The van der Waals surface area contributed by atoms with Crippen LogP contribution in [0.25, 0.3) is 0 Å². The molecule has 1 aliphatic carbocycles. The van der Waals surface area contributed by atoms with Crippen molar-refractivity contribution in [2.45, 2.75) is 36.9 Å². The van der Waals surface area contributed by atoms with E-state index < -0.39 is 32.8 Å². The summed E-state index contributed by atoms with van der Waals surface area (Å²) in [6, 6.07) is 3.30. The van der Waals surface area contributed by atoms with Crippen LogP contribution in [0.4, 0.5) is 10.1 Å². The van der Waals surface area contributed by atoms with Gasteiger partial charge in [-0.05, 0) is 37.6 Å². The standard InChI is InChI=1S/C18H20BrClFNO6S/c1-2-26-17(23)13-8-18(27-10-12(9-19)28-18)6-5-16(13)29(24,25)22-15-4-3-11(21)7-14(15)20/h3-4,7-8,12,16,22H,2,5-6,9-10H2,1H3. The van der Waals surface area contributed by atoms with Crippen LogP contribution in [0.3, 0.4) is 0 Å². The Kier molecular flexibility index (Phi) is 6.89. The maximum atomic E-state index is 13.3. The average molecular weight is 513 g/mol. The smallest absolute Gasteiger partial charge is 0.335 e. The Morgan fingerprint density at radius 1 is 1.48 bits per heavy atom. The highest BCUT2D eigenvalue weighted by molar-refractivity contribution is 9.09. The zero-order chi connectivity index (χ0) is 21.2. The lowest BCUT2D eigenvalue weighted by Crippen LogP contribution is -2.42. The van der Waals surface area contributed by atoms with E-state index in [1.54, 1.807) is 6.92 Å². The lowest BCUT2D eigenvalue weighted by molar-refractivity contribution is -0.145. The Morgan fingerprint density at radius 2 is 2.24 bits per heavy atom. The molecule has 0 amide bonds. The van der Waals surface area contributed by atoms with E-state index in [-0.39, 0.29) is 41.8 Å². The van der Waals surface area contributed by atoms with Crippen LogP contribution in [0, 0.1) is 5.82 Å². The normalized spacial score (nSPS) is 27.0. The maximum Gasteiger partial charge on any atom is 0.335 e. The van der Waals surface area contributed by atoms with Crippen LogP contribution in [0.1, 0.15) is 19.8 Å². The van der Waals surface area contributed by atoms with Gasteiger partial charge in [-0.15, -0.1) is 0 Å². The fraction of sp³-hybridized carbons (Fsp3) is 0.500. The van der Waals surface area contributed by atoms with Gasteiger partial charge in [-0.25, -0.2) is 17.6 Å². The number of nitrogens with one attached hydrogen (secondary N) is 1. The van der Waals surface area contributed by atoms with Crippen molar-refractivity contribution in [1.29, 1.82) is 0 Å². The molecule has 160 valence electrons. The summed E-state index contributed by atoms with van der Waals surface area (Å²) in [5, 5.41) is -0.752. The van der Waals surface area contributed by atoms with Gasteiger partial charge in [-0.2, -0.15) is 0 Å². The van der Waals surface area contributed by atoms with Crippen LogP contribution in [0.2, 0.25) is 5.02 Å². The lowest BCUT2D eigenvalue weighted by atomic mass is 9.94. The number of carbonyl (C=O) groups is 1. The molecule has 29 heavy (non-hydrogen) atoms. The van der Waals surface area contributed by atoms with Crippen LogP contribution in [-0.2, 0) is 29.0 Å². The number of benzene rings is 1. The second kappa shape index (κ2) is 8.89. The largest absolute Gasteiger partial charge is 0.463 e. The van der Waals surface area contributed by atoms with Crippen molar-refractivity contribution in [3.8, 4) is 0 Å². The molecule has 1 fully saturated rings. The lowest BCUT2D eigenvalue weighted by Gasteiger charge is -2.33. The second-order valence-electron chi connectivity index (χ2n) is 6.64. The molecule has 1 spiro atoms. The number of halogens is 3. The number of hydrogen-bond acceptors (Lipinski definition) is 6. The fourth-order valence-electron chi connectivity index (χ4n) is 3.28. The van der Waals surface area contributed by atoms with Crippen LogP contribution < -0.4 is 4.72 Å². The summed E-state index contributed by atoms with van der Waals surface area (Å²) in [7, 11) is -4.10. The molecule has 3 rings (SSSR count). The Hall–Kier alpha value is -1.20. The summed E-state index contributed by atoms with van der Waals surface area (Å²) < 4.78 is 58.3. The van der Waals surface area contributed by atoms with Gasteiger partial charge in [0.2, 0.25) is 10.0 Å². The van der Waals surface area contributed by atoms with Gasteiger partial charge in [0.25, 0.3) is 0 Å². The number of ether oxygens (including phenoxy) is 3. The van der Waals surface area contributed by atoms with E-state index >= 15 is 0 Å². The summed E-state index contributed by atoms with van der Waals surface area (Å²) in [6.45, 7) is 2.03. The molecule has 1 saturated heterocycles. The monoisotopic (exact) mass is 511 g/mol. The fourth-order valence-corrected chi connectivity index (χ4v) is 5.42. The van der Waals surface area contributed by atoms with E-state index in [1.807, 2.05) is 0 Å². The van der Waals surface area contributed by atoms with Crippen molar-refractivity contribution in [3.05, 3.63) is 40.7 Å². The van der Waals surface area contributed by atoms with Gasteiger partial charge in [0.15, 0.2) is 5.79 Å². The van der Waals surface area contributed by atoms with E-state index in [0.29, 0.717) is 11.9 Å². The van der Waals surface area contributed by atoms with Crippen molar-refractivity contribution in [1.82, 2.24) is 0 Å². The quantitative estimate of drug-likeness (QED) is 0.464. The summed E-state index contributed by atoms with van der Waals surface area (Å²) in [6.07, 6.45) is 1.49. The maximum absolute atomic E-state index is 13.3. The Morgan fingerprint density at radius 3 is 2.86 bits per heavy atom. The van der Waals surface area contributed by atoms with Gasteiger partial charge in [-0.1, -0.05) is 27.5 Å². The molecule has 7 nitrogen and oxygen atoms in total. The molecule has 0 bridgehead atoms. The predicted molar refractivity (Wildman–Crippen MR) is 109 cm³/mol. The van der Waals surface area contributed by atoms with Crippen molar-refractivity contribution in [2.24, 2.45) is 0 Å². The third-order valence-electron chi connectivity index (χ3n) is 4.60. The van der Waals surface area contributed by atoms with Crippen LogP contribution in [0.15, 0.2) is 29.8 Å². The molecule has 0 radical (unpaired) electrons. The first-order valence-electron chi connectivity index (χ1n) is 8.94. The molecular formula is C18H20BrClFNO6S. The molecule has 1 aromatic carbocycles. The van der Waals surface area contributed by atoms with E-state index in [4.69, 9.17) is 25.8 Å². The zero-order valence-corrected chi connectivity index (χ0v) is 18.6. The first-order chi connectivity index (χ1) is 13.7. The number of rotatable bonds is 6. The second-order valence-corrected chi connectivity index (χ2v) is 9.55. The van der Waals surface area contributed by atoms with E-state index in [9.17, 15) is 17.6 Å². The number of alkyl halides is 1. The van der Waals surface area contributed by atoms with Crippen molar-refractivity contribution >= 4 is 49.2 Å². The molecule has 0 aromatic heterocycles. The number of carbonyl (C=O) groups excluding carboxylic acids is 1. The molecular weight excluding hydrogens is 493 g/mol. The summed E-state index contributed by atoms with van der Waals surface area (Å²) in [4.78, 5) is 12.5. The first kappa shape index (κ1) is 22.5. The number of hydrogen-bond donors (Lipinski definition) is 1. The van der Waals surface area contributed by atoms with Crippen molar-refractivity contribution < 1.29 is 31.8 Å². The van der Waals surface area contributed by atoms with E-state index in [1.165, 1.54) is 12.1 Å². The third-order valence-corrected chi connectivity index (χ3v) is 7.38. The van der Waals surface area contributed by atoms with Crippen LogP contribution in [-0.4, -0.2) is 50.1 Å². The highest BCUT2D eigenvalue weighted by Crippen LogP contribution is 2.39. The summed E-state index contributed by atoms with van der Waals surface area (Å²) in [5.41, 5.74) is -0.0525. The van der Waals surface area contributed by atoms with Gasteiger partial charge in [0.05, 0.1) is 35.6 Å². The number of sulfonamides is 1. The molecule has 3 atom stereocenters. The SMILES string of the molecule is CCOC(=O)C1=CC2(CCC1S(=O)(=O)Nc1ccc(F)cc1Cl)OCC(CBr)O2. The highest BCUT2D eigenvalue weighted by atomic mass is 79.9. The molecule has 1 aliphatic heterocycles. The highest BCUT2D eigenvalue weighted by Gasteiger charge is 2.48. The average Bonchev–Trinajstić information content (AvgIpc) is 3.06. The molecule has 2 aliphatic rings. The van der Waals surface area contributed by atoms with Gasteiger partial charge >= 0.3 is 5.97 Å². The van der Waals surface area contributed by atoms with Crippen molar-refractivity contribution in [2.75, 3.05) is 23.3 Å². The van der Waals surface area contributed by atoms with Gasteiger partial charge < -0.3 is 14.2 Å². The van der Waals surface area contributed by atoms with Gasteiger partial charge in [-0.3, -0.25) is 4.72 Å². The number of esters is 1. The Bertz CT molecular complexity index is 927. The van der Waals surface area contributed by atoms with Gasteiger partial charge in [0, 0.05) is 11.8 Å². The summed E-state index contributed by atoms with van der Waals surface area (Å²) >= 11 is 9.26. The molecule has 0 saturated carbocycles. The predicted octanol–water partition coefficient (Wildman–Crippen LogP) is 3.38. The zero-order valence-electron chi connectivity index (χ0n) is 15.5. The summed E-state index contributed by atoms with van der Waals surface area (Å²) in [5.74, 6) is -2.52. The molecule has 1 heterocycles. The number of anilines is 1. The van der Waals surface area contributed by atoms with Crippen LogP contribution in [0.5, 0.6) is 0 Å².